The molecule has 0 unspecified atom stereocenters. The number of benzene rings is 1. The molecule has 2 N–H and O–H groups in total. The zero-order chi connectivity index (χ0) is 13.8. The van der Waals surface area contributed by atoms with Crippen molar-refractivity contribution in [3.8, 4) is 11.5 Å². The maximum Gasteiger partial charge on any atom is 0.179 e. The van der Waals surface area contributed by atoms with Crippen LogP contribution >= 0.6 is 34.9 Å². The first-order chi connectivity index (χ1) is 9.17. The topological polar surface area (TPSA) is 70.3 Å². The molecule has 0 saturated heterocycles. The van der Waals surface area contributed by atoms with Gasteiger partial charge in [0.25, 0.3) is 0 Å². The van der Waals surface area contributed by atoms with E-state index < -0.39 is 0 Å². The van der Waals surface area contributed by atoms with Crippen molar-refractivity contribution in [2.75, 3.05) is 26.2 Å². The lowest BCUT2D eigenvalue weighted by atomic mass is 10.3. The van der Waals surface area contributed by atoms with Crippen molar-refractivity contribution in [2.45, 2.75) is 13.6 Å². The summed E-state index contributed by atoms with van der Waals surface area (Å²) in [6.45, 7) is 0. The van der Waals surface area contributed by atoms with Crippen molar-refractivity contribution in [3.05, 3.63) is 12.1 Å². The highest BCUT2D eigenvalue weighted by atomic mass is 32.2. The number of rotatable bonds is 5. The van der Waals surface area contributed by atoms with Gasteiger partial charge >= 0.3 is 0 Å². The third kappa shape index (κ3) is 3.26. The third-order valence-corrected chi connectivity index (χ3v) is 5.30. The monoisotopic (exact) mass is 315 g/mol. The molecule has 0 aliphatic rings. The van der Waals surface area contributed by atoms with Gasteiger partial charge in [-0.25, -0.2) is 0 Å². The van der Waals surface area contributed by atoms with Crippen LogP contribution in [0.2, 0.25) is 0 Å². The van der Waals surface area contributed by atoms with Gasteiger partial charge in [0, 0.05) is 22.7 Å². The quantitative estimate of drug-likeness (QED) is 0.671. The number of methoxy groups -OCH3 is 2. The number of anilines is 1. The summed E-state index contributed by atoms with van der Waals surface area (Å²) in [6.07, 6.45) is 1.97. The van der Waals surface area contributed by atoms with Crippen molar-refractivity contribution < 1.29 is 9.47 Å². The minimum atomic E-state index is 0.617. The van der Waals surface area contributed by atoms with Gasteiger partial charge in [0.05, 0.1) is 14.2 Å². The summed E-state index contributed by atoms with van der Waals surface area (Å²) >= 11 is 4.58. The molecule has 0 saturated carbocycles. The first-order valence-electron chi connectivity index (χ1n) is 5.24. The molecule has 0 bridgehead atoms. The van der Waals surface area contributed by atoms with Crippen LogP contribution < -0.4 is 15.2 Å². The van der Waals surface area contributed by atoms with Gasteiger partial charge in [-0.1, -0.05) is 34.9 Å². The van der Waals surface area contributed by atoms with Crippen molar-refractivity contribution in [1.29, 1.82) is 0 Å². The van der Waals surface area contributed by atoms with Crippen LogP contribution in [-0.2, 0) is 0 Å². The fourth-order valence-electron chi connectivity index (χ4n) is 1.38. The summed E-state index contributed by atoms with van der Waals surface area (Å²) in [5.41, 5.74) is 6.63. The average Bonchev–Trinajstić information content (AvgIpc) is 2.88. The molecule has 0 fully saturated rings. The molecular formula is C11H13N3O2S3. The molecule has 1 aromatic heterocycles. The lowest BCUT2D eigenvalue weighted by Crippen LogP contribution is -1.95. The molecule has 0 aliphatic heterocycles. The number of nitrogen functional groups attached to an aromatic ring is 1. The van der Waals surface area contributed by atoms with Crippen LogP contribution in [0, 0.1) is 0 Å². The van der Waals surface area contributed by atoms with Crippen LogP contribution in [0.15, 0.2) is 25.7 Å². The van der Waals surface area contributed by atoms with Crippen molar-refractivity contribution in [1.82, 2.24) is 10.2 Å². The molecule has 2 rings (SSSR count). The van der Waals surface area contributed by atoms with Gasteiger partial charge in [-0.15, -0.1) is 10.2 Å². The molecular weight excluding hydrogens is 302 g/mol. The average molecular weight is 315 g/mol. The number of hydrogen-bond donors (Lipinski definition) is 1. The fourth-order valence-corrected chi connectivity index (χ4v) is 3.83. The third-order valence-electron chi connectivity index (χ3n) is 2.28. The molecule has 102 valence electrons. The second kappa shape index (κ2) is 6.36. The number of aromatic nitrogens is 2. The van der Waals surface area contributed by atoms with E-state index in [0.29, 0.717) is 17.2 Å². The molecule has 19 heavy (non-hydrogen) atoms. The molecule has 0 amide bonds. The van der Waals surface area contributed by atoms with E-state index in [-0.39, 0.29) is 0 Å². The molecule has 5 nitrogen and oxygen atoms in total. The van der Waals surface area contributed by atoms with E-state index in [0.717, 1.165) is 13.6 Å². The minimum absolute atomic E-state index is 0.617. The molecule has 8 heteroatoms. The molecule has 2 aromatic rings. The molecule has 1 aromatic carbocycles. The predicted molar refractivity (Wildman–Crippen MR) is 79.8 cm³/mol. The van der Waals surface area contributed by atoms with Gasteiger partial charge in [0.15, 0.2) is 20.2 Å². The summed E-state index contributed by atoms with van der Waals surface area (Å²) in [4.78, 5) is 0.876. The maximum atomic E-state index is 6.00. The predicted octanol–water partition coefficient (Wildman–Crippen LogP) is 3.01. The number of thioether (sulfide) groups is 1. The Balaban J connectivity index is 2.29. The molecule has 0 atom stereocenters. The van der Waals surface area contributed by atoms with E-state index in [2.05, 4.69) is 10.2 Å². The zero-order valence-corrected chi connectivity index (χ0v) is 13.1. The standard InChI is InChI=1S/C11H13N3O2S3/c1-15-7-4-6(12)9(5-8(7)16-2)18-11-14-13-10(17-3)19-11/h4-5H,12H2,1-3H3. The molecule has 0 spiro atoms. The molecule has 0 radical (unpaired) electrons. The van der Waals surface area contributed by atoms with E-state index in [1.54, 1.807) is 32.0 Å². The van der Waals surface area contributed by atoms with E-state index >= 15 is 0 Å². The maximum absolute atomic E-state index is 6.00. The van der Waals surface area contributed by atoms with Crippen molar-refractivity contribution in [3.63, 3.8) is 0 Å². The Kier molecular flexibility index (Phi) is 4.78. The Morgan fingerprint density at radius 2 is 1.74 bits per heavy atom. The normalized spacial score (nSPS) is 10.5. The Morgan fingerprint density at radius 3 is 2.32 bits per heavy atom. The van der Waals surface area contributed by atoms with E-state index in [1.165, 1.54) is 23.1 Å². The van der Waals surface area contributed by atoms with Gasteiger partial charge < -0.3 is 15.2 Å². The highest BCUT2D eigenvalue weighted by molar-refractivity contribution is 8.03. The zero-order valence-electron chi connectivity index (χ0n) is 10.7. The SMILES string of the molecule is COc1cc(N)c(Sc2nnc(SC)s2)cc1OC. The second-order valence-corrected chi connectivity index (χ2v) is 6.71. The Bertz CT molecular complexity index is 574. The smallest absolute Gasteiger partial charge is 0.179 e. The Morgan fingerprint density at radius 1 is 1.11 bits per heavy atom. The van der Waals surface area contributed by atoms with Gasteiger partial charge in [-0.3, -0.25) is 0 Å². The van der Waals surface area contributed by atoms with Crippen LogP contribution in [0.25, 0.3) is 0 Å². The number of nitrogens with zero attached hydrogens (tertiary/aromatic N) is 2. The van der Waals surface area contributed by atoms with Crippen LogP contribution in [0.4, 0.5) is 5.69 Å². The Labute approximate surface area is 123 Å². The van der Waals surface area contributed by atoms with Crippen molar-refractivity contribution >= 4 is 40.5 Å². The van der Waals surface area contributed by atoms with E-state index in [1.807, 2.05) is 12.3 Å². The first kappa shape index (κ1) is 14.3. The van der Waals surface area contributed by atoms with Crippen LogP contribution in [0.1, 0.15) is 0 Å². The van der Waals surface area contributed by atoms with E-state index in [9.17, 15) is 0 Å². The lowest BCUT2D eigenvalue weighted by molar-refractivity contribution is 0.354. The molecule has 1 heterocycles. The van der Waals surface area contributed by atoms with E-state index in [4.69, 9.17) is 15.2 Å². The fraction of sp³-hybridized carbons (Fsp3) is 0.273. The summed E-state index contributed by atoms with van der Waals surface area (Å²) in [7, 11) is 3.18. The highest BCUT2D eigenvalue weighted by Gasteiger charge is 2.12. The minimum Gasteiger partial charge on any atom is -0.493 e. The summed E-state index contributed by atoms with van der Waals surface area (Å²) in [5, 5.41) is 8.16. The van der Waals surface area contributed by atoms with Gasteiger partial charge in [0.2, 0.25) is 0 Å². The van der Waals surface area contributed by atoms with Gasteiger partial charge in [-0.2, -0.15) is 0 Å². The molecule has 0 aliphatic carbocycles. The van der Waals surface area contributed by atoms with Gasteiger partial charge in [0.1, 0.15) is 0 Å². The van der Waals surface area contributed by atoms with Crippen molar-refractivity contribution in [2.24, 2.45) is 0 Å². The van der Waals surface area contributed by atoms with Crippen LogP contribution in [0.3, 0.4) is 0 Å². The van der Waals surface area contributed by atoms with Crippen LogP contribution in [-0.4, -0.2) is 30.7 Å². The van der Waals surface area contributed by atoms with Gasteiger partial charge in [-0.05, 0) is 6.26 Å². The van der Waals surface area contributed by atoms with Crippen LogP contribution in [0.5, 0.6) is 11.5 Å². The number of hydrogen-bond acceptors (Lipinski definition) is 8. The Hall–Kier alpha value is -1.12. The summed E-state index contributed by atoms with van der Waals surface area (Å²) in [5.74, 6) is 1.26. The summed E-state index contributed by atoms with van der Waals surface area (Å²) < 4.78 is 12.2. The number of ether oxygens (including phenoxy) is 2. The summed E-state index contributed by atoms with van der Waals surface area (Å²) in [6, 6.07) is 3.59. The largest absolute Gasteiger partial charge is 0.493 e. The number of nitrogens with two attached hydrogens (primary N) is 1. The second-order valence-electron chi connectivity index (χ2n) is 3.39. The highest BCUT2D eigenvalue weighted by Crippen LogP contribution is 2.41. The first-order valence-corrected chi connectivity index (χ1v) is 8.10. The lowest BCUT2D eigenvalue weighted by Gasteiger charge is -2.11.